The Morgan fingerprint density at radius 2 is 1.19 bits per heavy atom. The van der Waals surface area contributed by atoms with Crippen molar-refractivity contribution in [3.63, 3.8) is 0 Å². The fraction of sp³-hybridized carbons (Fsp3) is 0.200. The van der Waals surface area contributed by atoms with Gasteiger partial charge in [0.1, 0.15) is 0 Å². The van der Waals surface area contributed by atoms with Gasteiger partial charge in [-0.25, -0.2) is 0 Å². The summed E-state index contributed by atoms with van der Waals surface area (Å²) >= 11 is 0. The molecule has 0 unspecified atom stereocenters. The molecule has 1 aliphatic rings. The third kappa shape index (κ3) is 1.60. The Labute approximate surface area is 121 Å². The summed E-state index contributed by atoms with van der Waals surface area (Å²) in [5, 5.41) is -0.556. The summed E-state index contributed by atoms with van der Waals surface area (Å²) in [4.78, 5) is 0. The van der Waals surface area contributed by atoms with Crippen molar-refractivity contribution in [2.24, 2.45) is 0 Å². The minimum atomic E-state index is -7.35. The zero-order valence-electron chi connectivity index (χ0n) is 11.8. The van der Waals surface area contributed by atoms with E-state index in [2.05, 4.69) is 0 Å². The summed E-state index contributed by atoms with van der Waals surface area (Å²) < 4.78 is 47.4. The van der Waals surface area contributed by atoms with Crippen LogP contribution in [0.4, 0.5) is 12.6 Å². The van der Waals surface area contributed by atoms with Crippen molar-refractivity contribution >= 4 is 12.5 Å². The quantitative estimate of drug-likeness (QED) is 0.755. The Morgan fingerprint density at radius 3 is 1.67 bits per heavy atom. The molecule has 0 saturated carbocycles. The molecule has 6 heteroatoms. The normalized spacial score (nSPS) is 30.2. The third-order valence-corrected chi connectivity index (χ3v) is 8.81. The van der Waals surface area contributed by atoms with Crippen LogP contribution < -0.4 is 5.30 Å². The molecule has 0 aromatic heterocycles. The van der Waals surface area contributed by atoms with Crippen LogP contribution in [0.5, 0.6) is 0 Å². The molecule has 0 N–H and O–H groups in total. The van der Waals surface area contributed by atoms with Crippen LogP contribution in [0.3, 0.4) is 0 Å². The van der Waals surface area contributed by atoms with Gasteiger partial charge in [0.2, 0.25) is 0 Å². The predicted molar refractivity (Wildman–Crippen MR) is 81.0 cm³/mol. The Hall–Kier alpha value is -1.42. The average molecular weight is 313 g/mol. The molecule has 1 saturated heterocycles. The maximum absolute atomic E-state index is 15.4. The Balaban J connectivity index is 2.13. The molecule has 2 aromatic rings. The van der Waals surface area contributed by atoms with Gasteiger partial charge in [0.25, 0.3) is 0 Å². The molecule has 2 nitrogen and oxygen atoms in total. The molecule has 3 rings (SSSR count). The molecule has 0 spiro atoms. The van der Waals surface area contributed by atoms with E-state index in [1.807, 2.05) is 0 Å². The molecule has 21 heavy (non-hydrogen) atoms. The van der Waals surface area contributed by atoms with Crippen molar-refractivity contribution in [1.82, 2.24) is 9.34 Å². The topological polar surface area (TPSA) is 6.48 Å². The zero-order valence-corrected chi connectivity index (χ0v) is 12.7. The number of nitrogens with zero attached hydrogens (tertiary/aromatic N) is 2. The average Bonchev–Trinajstić information content (AvgIpc) is 2.49. The molecule has 0 amide bonds. The number of rotatable bonds is 2. The number of benzene rings is 2. The molecule has 0 bridgehead atoms. The van der Waals surface area contributed by atoms with Gasteiger partial charge in [0.05, 0.1) is 0 Å². The van der Waals surface area contributed by atoms with Gasteiger partial charge in [-0.2, -0.15) is 0 Å². The second-order valence-corrected chi connectivity index (χ2v) is 9.61. The predicted octanol–water partition coefficient (Wildman–Crippen LogP) is 4.46. The summed E-state index contributed by atoms with van der Waals surface area (Å²) in [6.07, 6.45) is -0.776. The number of halogens is 3. The van der Waals surface area contributed by atoms with Gasteiger partial charge in [-0.3, -0.25) is 0 Å². The van der Waals surface area contributed by atoms with Crippen molar-refractivity contribution in [2.45, 2.75) is 6.17 Å². The van der Waals surface area contributed by atoms with Crippen molar-refractivity contribution in [1.29, 1.82) is 0 Å². The first kappa shape index (κ1) is 14.5. The van der Waals surface area contributed by atoms with Gasteiger partial charge in [0.15, 0.2) is 0 Å². The molecular formula is C15H17F3N2P-. The van der Waals surface area contributed by atoms with Crippen molar-refractivity contribution in [3.8, 4) is 0 Å². The molecular weight excluding hydrogens is 296 g/mol. The molecule has 1 fully saturated rings. The van der Waals surface area contributed by atoms with Crippen LogP contribution in [-0.2, 0) is 0 Å². The zero-order chi connectivity index (χ0) is 15.4. The third-order valence-electron chi connectivity index (χ3n) is 4.40. The summed E-state index contributed by atoms with van der Waals surface area (Å²) in [6, 6.07) is 15.5. The summed E-state index contributed by atoms with van der Waals surface area (Å²) in [5.74, 6) is 0. The summed E-state index contributed by atoms with van der Waals surface area (Å²) in [5.41, 5.74) is 0.646. The molecule has 0 radical (unpaired) electrons. The maximum atomic E-state index is 15.4. The summed E-state index contributed by atoms with van der Waals surface area (Å²) in [7, 11) is -5.05. The Bertz CT molecular complexity index is 666. The molecule has 1 aliphatic heterocycles. The Kier molecular flexibility index (Phi) is 2.67. The van der Waals surface area contributed by atoms with Crippen LogP contribution >= 0.6 is 7.18 Å². The van der Waals surface area contributed by atoms with E-state index in [4.69, 9.17) is 0 Å². The van der Waals surface area contributed by atoms with Crippen molar-refractivity contribution < 1.29 is 12.6 Å². The van der Waals surface area contributed by atoms with E-state index in [0.29, 0.717) is 14.9 Å². The fourth-order valence-electron chi connectivity index (χ4n) is 3.02. The first-order chi connectivity index (χ1) is 9.72. The van der Waals surface area contributed by atoms with E-state index in [0.717, 1.165) is 26.2 Å². The van der Waals surface area contributed by atoms with E-state index in [-0.39, 0.29) is 0 Å². The van der Waals surface area contributed by atoms with Crippen molar-refractivity contribution in [2.75, 3.05) is 14.1 Å². The van der Waals surface area contributed by atoms with E-state index >= 15 is 12.6 Å². The molecule has 1 heterocycles. The van der Waals surface area contributed by atoms with Crippen LogP contribution in [0.15, 0.2) is 60.7 Å². The van der Waals surface area contributed by atoms with Gasteiger partial charge in [0, 0.05) is 0 Å². The van der Waals surface area contributed by atoms with Crippen LogP contribution in [0, 0.1) is 0 Å². The van der Waals surface area contributed by atoms with E-state index in [1.165, 1.54) is 12.1 Å². The first-order valence-corrected chi connectivity index (χ1v) is 8.91. The fourth-order valence-corrected chi connectivity index (χ4v) is 6.31. The minimum absolute atomic E-state index is 0.556. The van der Waals surface area contributed by atoms with E-state index in [9.17, 15) is 0 Å². The summed E-state index contributed by atoms with van der Waals surface area (Å²) in [6.45, 7) is 0. The molecule has 0 aliphatic carbocycles. The Morgan fingerprint density at radius 1 is 0.762 bits per heavy atom. The van der Waals surface area contributed by atoms with E-state index in [1.54, 1.807) is 36.4 Å². The standard InChI is InChI=1S/C15H17F3N2P/c1-19-15(13-9-5-3-6-10-13)20(2)21(19,16,17,18)14-11-7-4-8-12-14/h3-12,15H,1-2H3/q-1. The monoisotopic (exact) mass is 313 g/mol. The second-order valence-electron chi connectivity index (χ2n) is 5.46. The van der Waals surface area contributed by atoms with E-state index < -0.39 is 18.6 Å². The SMILES string of the molecule is CN1C(c2ccccc2)N(C)[P-]1(F)(F)(F)c1ccccc1. The van der Waals surface area contributed by atoms with Gasteiger partial charge >= 0.3 is 121 Å². The van der Waals surface area contributed by atoms with Gasteiger partial charge in [-0.1, -0.05) is 0 Å². The molecule has 114 valence electrons. The van der Waals surface area contributed by atoms with Crippen LogP contribution in [0.25, 0.3) is 0 Å². The van der Waals surface area contributed by atoms with Gasteiger partial charge in [-0.05, 0) is 0 Å². The first-order valence-electron chi connectivity index (χ1n) is 6.65. The number of hydrogen-bond donors (Lipinski definition) is 0. The van der Waals surface area contributed by atoms with Crippen molar-refractivity contribution in [3.05, 3.63) is 66.2 Å². The number of hydrogen-bond acceptors (Lipinski definition) is 2. The van der Waals surface area contributed by atoms with Crippen LogP contribution in [-0.4, -0.2) is 23.4 Å². The second kappa shape index (κ2) is 3.86. The molecule has 2 aromatic carbocycles. The molecule has 0 atom stereocenters. The van der Waals surface area contributed by atoms with Gasteiger partial charge < -0.3 is 0 Å². The van der Waals surface area contributed by atoms with Crippen LogP contribution in [0.2, 0.25) is 0 Å². The van der Waals surface area contributed by atoms with Gasteiger partial charge in [-0.15, -0.1) is 0 Å². The van der Waals surface area contributed by atoms with Crippen LogP contribution in [0.1, 0.15) is 11.7 Å².